The number of ether oxygens (including phenoxy) is 2. The minimum atomic E-state index is -4.34. The lowest BCUT2D eigenvalue weighted by molar-refractivity contribution is -0.138. The Kier molecular flexibility index (Phi) is 24.8. The zero-order valence-electron chi connectivity index (χ0n) is 28.9. The summed E-state index contributed by atoms with van der Waals surface area (Å²) in [5.41, 5.74) is 11.7. The highest BCUT2D eigenvalue weighted by molar-refractivity contribution is 6.00. The fraction of sp³-hybridized carbons (Fsp3) is 0.471. The van der Waals surface area contributed by atoms with Crippen molar-refractivity contribution in [3.63, 3.8) is 0 Å². The summed E-state index contributed by atoms with van der Waals surface area (Å²) < 4.78 is 85.4. The Morgan fingerprint density at radius 1 is 0.615 bits per heavy atom. The molecule has 0 spiro atoms. The van der Waals surface area contributed by atoms with Gasteiger partial charge in [0.05, 0.1) is 22.6 Å². The molecule has 18 heteroatoms. The maximum Gasteiger partial charge on any atom is 0.416 e. The van der Waals surface area contributed by atoms with Gasteiger partial charge in [0.1, 0.15) is 13.2 Å². The van der Waals surface area contributed by atoms with Crippen molar-refractivity contribution < 1.29 is 65.3 Å². The van der Waals surface area contributed by atoms with Gasteiger partial charge in [-0.3, -0.25) is 0 Å². The van der Waals surface area contributed by atoms with Crippen LogP contribution in [0.1, 0.15) is 60.8 Å². The molecule has 0 amide bonds. The van der Waals surface area contributed by atoms with Crippen molar-refractivity contribution >= 4 is 23.4 Å². The summed E-state index contributed by atoms with van der Waals surface area (Å²) in [4.78, 5) is 29.2. The topological polar surface area (TPSA) is 188 Å². The molecule has 0 fully saturated rings. The zero-order chi connectivity index (χ0) is 39.4. The van der Waals surface area contributed by atoms with Crippen molar-refractivity contribution in [2.24, 2.45) is 21.8 Å². The number of alkyl halides is 6. The molecule has 0 aliphatic rings. The highest BCUT2D eigenvalue weighted by atomic mass is 19.4. The standard InChI is InChI=1S/2C15H21F3N2O2.C4H4O4/c2*1-21-10-3-2-4-14(20-22-11-9-19)12-5-7-13(8-6-12)15(16,17)18;5-3(6)1-2-4(7)8/h2*5-8H,2-4,9-11,19H2,1H3;1-2H,(H,5,6)(H,7,8)/b2*20-14+;2-1-. The molecule has 2 aromatic carbocycles. The zero-order valence-corrected chi connectivity index (χ0v) is 28.9. The van der Waals surface area contributed by atoms with E-state index in [1.54, 1.807) is 14.2 Å². The monoisotopic (exact) mass is 752 g/mol. The molecule has 0 bridgehead atoms. The number of hydrogen-bond donors (Lipinski definition) is 4. The van der Waals surface area contributed by atoms with Crippen LogP contribution < -0.4 is 11.5 Å². The Hall–Kier alpha value is -4.52. The lowest BCUT2D eigenvalue weighted by atomic mass is 10.0. The van der Waals surface area contributed by atoms with E-state index in [1.165, 1.54) is 24.3 Å². The Balaban J connectivity index is 0.000000829. The summed E-state index contributed by atoms with van der Waals surface area (Å²) in [6.07, 6.45) is -3.09. The lowest BCUT2D eigenvalue weighted by Crippen LogP contribution is -2.09. The predicted octanol–water partition coefficient (Wildman–Crippen LogP) is 6.11. The van der Waals surface area contributed by atoms with Crippen LogP contribution in [0.4, 0.5) is 26.3 Å². The first-order chi connectivity index (χ1) is 24.6. The van der Waals surface area contributed by atoms with Gasteiger partial charge in [-0.05, 0) is 73.9 Å². The first-order valence-corrected chi connectivity index (χ1v) is 15.8. The molecule has 0 saturated carbocycles. The van der Waals surface area contributed by atoms with Crippen LogP contribution in [-0.2, 0) is 41.1 Å². The van der Waals surface area contributed by atoms with Gasteiger partial charge in [-0.15, -0.1) is 0 Å². The van der Waals surface area contributed by atoms with Crippen molar-refractivity contribution in [3.05, 3.63) is 82.9 Å². The third kappa shape index (κ3) is 23.0. The van der Waals surface area contributed by atoms with E-state index >= 15 is 0 Å². The minimum Gasteiger partial charge on any atom is -0.478 e. The number of nitrogens with zero attached hydrogens (tertiary/aromatic N) is 2. The molecule has 2 rings (SSSR count). The highest BCUT2D eigenvalue weighted by Crippen LogP contribution is 2.30. The van der Waals surface area contributed by atoms with E-state index in [-0.39, 0.29) is 13.2 Å². The first kappa shape index (κ1) is 47.5. The molecule has 6 N–H and O–H groups in total. The van der Waals surface area contributed by atoms with Gasteiger partial charge in [-0.1, -0.05) is 34.6 Å². The van der Waals surface area contributed by atoms with E-state index in [2.05, 4.69) is 10.3 Å². The number of carbonyl (C=O) groups is 2. The molecular formula is C34H46F6N4O8. The first-order valence-electron chi connectivity index (χ1n) is 15.8. The molecular weight excluding hydrogens is 706 g/mol. The Morgan fingerprint density at radius 3 is 1.19 bits per heavy atom. The number of rotatable bonds is 20. The molecule has 0 atom stereocenters. The average molecular weight is 753 g/mol. The second-order valence-corrected chi connectivity index (χ2v) is 10.4. The number of unbranched alkanes of at least 4 members (excludes halogenated alkanes) is 2. The third-order valence-electron chi connectivity index (χ3n) is 6.25. The SMILES string of the molecule is COCCCC/C(=N\OCCN)c1ccc(C(F)(F)F)cc1.COCCCC/C(=N\OCCN)c1ccc(C(F)(F)F)cc1.O=C(O)/C=C\C(=O)O. The third-order valence-corrected chi connectivity index (χ3v) is 6.25. The maximum atomic E-state index is 12.6. The molecule has 292 valence electrons. The van der Waals surface area contributed by atoms with Crippen LogP contribution in [0.3, 0.4) is 0 Å². The number of methoxy groups -OCH3 is 2. The van der Waals surface area contributed by atoms with Gasteiger partial charge in [-0.2, -0.15) is 26.3 Å². The number of aliphatic carboxylic acids is 2. The molecule has 0 aliphatic carbocycles. The normalized spacial score (nSPS) is 12.0. The number of carboxylic acids is 2. The minimum absolute atomic E-state index is 0.266. The fourth-order valence-corrected chi connectivity index (χ4v) is 3.76. The van der Waals surface area contributed by atoms with Crippen LogP contribution in [0.5, 0.6) is 0 Å². The molecule has 0 radical (unpaired) electrons. The number of oxime groups is 2. The number of hydrogen-bond acceptors (Lipinski definition) is 10. The second kappa shape index (κ2) is 27.2. The largest absolute Gasteiger partial charge is 0.478 e. The average Bonchev–Trinajstić information content (AvgIpc) is 3.09. The van der Waals surface area contributed by atoms with Gasteiger partial charge < -0.3 is 40.8 Å². The van der Waals surface area contributed by atoms with E-state index < -0.39 is 35.4 Å². The predicted molar refractivity (Wildman–Crippen MR) is 182 cm³/mol. The van der Waals surface area contributed by atoms with E-state index in [9.17, 15) is 35.9 Å². The van der Waals surface area contributed by atoms with Crippen LogP contribution in [-0.4, -0.2) is 87.3 Å². The van der Waals surface area contributed by atoms with Gasteiger partial charge in [0.25, 0.3) is 0 Å². The number of nitrogens with two attached hydrogens (primary N) is 2. The molecule has 0 heterocycles. The summed E-state index contributed by atoms with van der Waals surface area (Å²) in [7, 11) is 3.24. The van der Waals surface area contributed by atoms with Crippen LogP contribution in [0, 0.1) is 0 Å². The van der Waals surface area contributed by atoms with Crippen molar-refractivity contribution in [1.29, 1.82) is 0 Å². The molecule has 0 aliphatic heterocycles. The Labute approximate surface area is 298 Å². The Bertz CT molecular complexity index is 1260. The van der Waals surface area contributed by atoms with E-state index in [0.29, 0.717) is 73.8 Å². The van der Waals surface area contributed by atoms with Gasteiger partial charge in [0.15, 0.2) is 0 Å². The quantitative estimate of drug-likeness (QED) is 0.0404. The molecule has 52 heavy (non-hydrogen) atoms. The molecule has 2 aromatic rings. The number of benzene rings is 2. The van der Waals surface area contributed by atoms with Crippen LogP contribution in [0.2, 0.25) is 0 Å². The Morgan fingerprint density at radius 2 is 0.942 bits per heavy atom. The van der Waals surface area contributed by atoms with E-state index in [4.69, 9.17) is 40.8 Å². The molecule has 0 saturated heterocycles. The van der Waals surface area contributed by atoms with Gasteiger partial charge >= 0.3 is 24.3 Å². The fourth-order valence-electron chi connectivity index (χ4n) is 3.76. The summed E-state index contributed by atoms with van der Waals surface area (Å²) in [6.45, 7) is 2.44. The molecule has 0 unspecified atom stereocenters. The van der Waals surface area contributed by atoms with Crippen LogP contribution in [0.15, 0.2) is 71.0 Å². The summed E-state index contributed by atoms with van der Waals surface area (Å²) in [5, 5.41) is 23.6. The molecule has 0 aromatic heterocycles. The maximum absolute atomic E-state index is 12.6. The van der Waals surface area contributed by atoms with Crippen molar-refractivity contribution in [1.82, 2.24) is 0 Å². The summed E-state index contributed by atoms with van der Waals surface area (Å²) in [5.74, 6) is -2.51. The smallest absolute Gasteiger partial charge is 0.416 e. The molecule has 12 nitrogen and oxygen atoms in total. The summed E-state index contributed by atoms with van der Waals surface area (Å²) in [6, 6.07) is 9.80. The lowest BCUT2D eigenvalue weighted by Gasteiger charge is -2.10. The van der Waals surface area contributed by atoms with Crippen molar-refractivity contribution in [3.8, 4) is 0 Å². The van der Waals surface area contributed by atoms with E-state index in [0.717, 1.165) is 49.9 Å². The highest BCUT2D eigenvalue weighted by Gasteiger charge is 2.31. The van der Waals surface area contributed by atoms with Crippen molar-refractivity contribution in [2.75, 3.05) is 53.7 Å². The summed E-state index contributed by atoms with van der Waals surface area (Å²) >= 11 is 0. The van der Waals surface area contributed by atoms with Gasteiger partial charge in [0.2, 0.25) is 0 Å². The van der Waals surface area contributed by atoms with Crippen LogP contribution >= 0.6 is 0 Å². The van der Waals surface area contributed by atoms with E-state index in [1.807, 2.05) is 0 Å². The number of halogens is 6. The van der Waals surface area contributed by atoms with Crippen LogP contribution in [0.25, 0.3) is 0 Å². The van der Waals surface area contributed by atoms with Crippen molar-refractivity contribution in [2.45, 2.75) is 50.9 Å². The van der Waals surface area contributed by atoms with Gasteiger partial charge in [0, 0.05) is 52.7 Å². The second-order valence-electron chi connectivity index (χ2n) is 10.4. The number of carboxylic acid groups (broad SMARTS) is 2. The van der Waals surface area contributed by atoms with Gasteiger partial charge in [-0.25, -0.2) is 9.59 Å².